The average molecular weight is 1420 g/mol. The lowest BCUT2D eigenvalue weighted by atomic mass is 9.80. The number of nitro benzene ring substituents is 2. The summed E-state index contributed by atoms with van der Waals surface area (Å²) in [4.78, 5) is 82.3. The van der Waals surface area contributed by atoms with Crippen LogP contribution in [0.15, 0.2) is 262 Å². The fourth-order valence-electron chi connectivity index (χ4n) is 10.0. The van der Waals surface area contributed by atoms with Crippen molar-refractivity contribution in [1.82, 2.24) is 18.7 Å². The number of nitrogens with two attached hydrogens (primary N) is 1. The smallest absolute Gasteiger partial charge is 0.450 e. The van der Waals surface area contributed by atoms with Gasteiger partial charge in [-0.1, -0.05) is 86.3 Å². The fourth-order valence-corrected chi connectivity index (χ4v) is 10.0. The topological polar surface area (TPSA) is 310 Å². The normalized spacial score (nSPS) is 10.2. The number of nitro groups is 2. The Morgan fingerprint density at radius 2 is 0.846 bits per heavy atom. The highest BCUT2D eigenvalue weighted by Gasteiger charge is 2.16. The zero-order valence-corrected chi connectivity index (χ0v) is 56.3. The first-order valence-corrected chi connectivity index (χ1v) is 31.5. The minimum Gasteiger partial charge on any atom is -0.450 e. The number of aromatic amines is 1. The van der Waals surface area contributed by atoms with Gasteiger partial charge in [-0.3, -0.25) is 58.4 Å². The highest BCUT2D eigenvalue weighted by molar-refractivity contribution is 6.58. The number of rotatable bonds is 12. The molecule has 0 saturated heterocycles. The quantitative estimate of drug-likeness (QED) is 0.0218. The maximum Gasteiger partial charge on any atom is 0.488 e. The summed E-state index contributed by atoms with van der Waals surface area (Å²) in [6.07, 6.45) is 6.18. The molecule has 8 aromatic carbocycles. The molecule has 0 atom stereocenters. The van der Waals surface area contributed by atoms with Crippen LogP contribution in [0.5, 0.6) is 0 Å². The van der Waals surface area contributed by atoms with Crippen LogP contribution in [0.4, 0.5) is 45.1 Å². The Balaban J connectivity index is 0.000000206. The minimum absolute atomic E-state index is 0. The van der Waals surface area contributed by atoms with Gasteiger partial charge >= 0.3 is 13.2 Å². The summed E-state index contributed by atoms with van der Waals surface area (Å²) >= 11 is 0. The lowest BCUT2D eigenvalue weighted by Gasteiger charge is -2.13. The largest absolute Gasteiger partial charge is 0.488 e. The number of nitrogen functional groups attached to an aromatic ring is 1. The third-order valence-corrected chi connectivity index (χ3v) is 15.0. The van der Waals surface area contributed by atoms with E-state index in [0.29, 0.717) is 28.4 Å². The number of amides is 1. The molecule has 0 unspecified atom stereocenters. The van der Waals surface area contributed by atoms with Gasteiger partial charge in [-0.05, 0) is 183 Å². The van der Waals surface area contributed by atoms with Gasteiger partial charge in [-0.2, -0.15) is 0 Å². The van der Waals surface area contributed by atoms with E-state index in [2.05, 4.69) is 10.3 Å². The second-order valence-corrected chi connectivity index (χ2v) is 22.5. The van der Waals surface area contributed by atoms with Gasteiger partial charge in [0.1, 0.15) is 23.3 Å². The average Bonchev–Trinajstić information content (AvgIpc) is 0.809. The van der Waals surface area contributed by atoms with Crippen LogP contribution >= 0.6 is 0 Å². The van der Waals surface area contributed by atoms with Crippen LogP contribution < -0.4 is 38.8 Å². The summed E-state index contributed by atoms with van der Waals surface area (Å²) in [6, 6.07) is 55.6. The Morgan fingerprint density at radius 1 is 0.500 bits per heavy atom. The maximum absolute atomic E-state index is 13.2. The Morgan fingerprint density at radius 3 is 1.22 bits per heavy atom. The zero-order chi connectivity index (χ0) is 75.0. The fraction of sp³-hybridized carbons (Fsp3) is 0.115. The standard InChI is InChI=1S/C21H19FN2O3.C18H13FN2O3.C18H15FN2O.C12H10FNO.C6H6BNO4.C2H6O.CH4/c1-3-27-21(26)23-17-5-4-6-18(12-17)24-13-19(14(2)11-20(24)25)15-7-9-16(22)10-8-15;1-12-9-18(22)20(15-3-2-4-16(10-15)21(23)24)11-17(12)13-5-7-14(19)8-6-13;1-12-9-18(22)21(16-4-2-3-15(20)10-16)11-17(12)13-5-7-14(19)8-6-13;1-8-6-12(15)14-7-11(8)9-2-4-10(13)5-3-9;9-7(10)5-2-1-3-6(4-5)8(11)12;1-2-3;/h4-13H,3H2,1-2H3,(H,23,26);2-11H,1H3;2-11H,20H2,1H3;2-7H,1H3,(H,14,15);1-4,9-10H;3H,2H2,1H3;1H4. The number of benzene rings is 8. The maximum atomic E-state index is 13.2. The van der Waals surface area contributed by atoms with Crippen LogP contribution in [0.2, 0.25) is 0 Å². The molecular weight excluding hydrogens is 1340 g/mol. The summed E-state index contributed by atoms with van der Waals surface area (Å²) in [5.41, 5.74) is 17.6. The number of aryl methyl sites for hydroxylation is 4. The van der Waals surface area contributed by atoms with Crippen molar-refractivity contribution in [3.05, 3.63) is 350 Å². The van der Waals surface area contributed by atoms with Gasteiger partial charge in [0.25, 0.3) is 28.1 Å². The predicted molar refractivity (Wildman–Crippen MR) is 398 cm³/mol. The SMILES string of the molecule is C.CCO.CCOC(=O)Nc1cccc(-n2cc(-c3ccc(F)cc3)c(C)cc2=O)c1.Cc1cc(=O)[nH]cc1-c1ccc(F)cc1.Cc1cc(=O)n(-c2cccc(N)c2)cc1-c1ccc(F)cc1.Cc1cc(=O)n(-c2cccc([N+](=O)[O-])c2)cc1-c1ccc(F)cc1.O=[N+]([O-])c1cccc(B(O)O)c1. The number of non-ortho nitro benzene ring substituents is 2. The number of carbonyl (C=O) groups excluding carboxylic acids is 1. The molecule has 0 bridgehead atoms. The number of halogens is 4. The summed E-state index contributed by atoms with van der Waals surface area (Å²) in [6.45, 7) is 11.3. The summed E-state index contributed by atoms with van der Waals surface area (Å²) in [5, 5.41) is 48.7. The van der Waals surface area contributed by atoms with Crippen molar-refractivity contribution in [2.75, 3.05) is 24.3 Å². The zero-order valence-electron chi connectivity index (χ0n) is 56.3. The molecule has 104 heavy (non-hydrogen) atoms. The Kier molecular flexibility index (Phi) is 29.3. The molecule has 26 heteroatoms. The number of hydrogen-bond donors (Lipinski definition) is 6. The number of pyridine rings is 4. The molecule has 21 nitrogen and oxygen atoms in total. The molecule has 1 amide bonds. The molecule has 534 valence electrons. The van der Waals surface area contributed by atoms with E-state index < -0.39 is 23.1 Å². The number of aliphatic hydroxyl groups excluding tert-OH is 1. The van der Waals surface area contributed by atoms with Crippen LogP contribution in [0.25, 0.3) is 61.6 Å². The summed E-state index contributed by atoms with van der Waals surface area (Å²) < 4.78 is 61.4. The molecule has 0 saturated carbocycles. The lowest BCUT2D eigenvalue weighted by Crippen LogP contribution is -2.29. The third kappa shape index (κ3) is 22.6. The molecule has 4 aromatic heterocycles. The van der Waals surface area contributed by atoms with Crippen LogP contribution in [0, 0.1) is 71.2 Å². The Labute approximate surface area is 594 Å². The number of aromatic nitrogens is 4. The molecule has 0 aliphatic heterocycles. The van der Waals surface area contributed by atoms with Gasteiger partial charge in [-0.15, -0.1) is 0 Å². The molecule has 12 aromatic rings. The minimum atomic E-state index is -1.66. The van der Waals surface area contributed by atoms with E-state index in [4.69, 9.17) is 25.6 Å². The van der Waals surface area contributed by atoms with Gasteiger partial charge in [0, 0.05) is 114 Å². The highest BCUT2D eigenvalue weighted by Crippen LogP contribution is 2.28. The van der Waals surface area contributed by atoms with E-state index in [1.165, 1.54) is 112 Å². The number of ether oxygens (including phenoxy) is 1. The van der Waals surface area contributed by atoms with Crippen molar-refractivity contribution in [3.63, 3.8) is 0 Å². The van der Waals surface area contributed by atoms with Crippen molar-refractivity contribution < 1.29 is 52.1 Å². The van der Waals surface area contributed by atoms with Crippen LogP contribution in [-0.2, 0) is 4.74 Å². The molecule has 4 heterocycles. The van der Waals surface area contributed by atoms with Crippen LogP contribution in [0.3, 0.4) is 0 Å². The monoisotopic (exact) mass is 1420 g/mol. The number of H-pyrrole nitrogens is 1. The van der Waals surface area contributed by atoms with E-state index >= 15 is 0 Å². The van der Waals surface area contributed by atoms with Crippen LogP contribution in [0.1, 0.15) is 43.5 Å². The molecule has 0 aliphatic carbocycles. The highest BCUT2D eigenvalue weighted by atomic mass is 19.1. The Bertz CT molecular complexity index is 5190. The molecule has 0 aliphatic rings. The molecule has 0 spiro atoms. The van der Waals surface area contributed by atoms with Gasteiger partial charge in [0.05, 0.1) is 33.5 Å². The van der Waals surface area contributed by atoms with Gasteiger partial charge < -0.3 is 30.6 Å². The van der Waals surface area contributed by atoms with E-state index in [0.717, 1.165) is 72.8 Å². The van der Waals surface area contributed by atoms with E-state index in [-0.39, 0.29) is 83.0 Å². The lowest BCUT2D eigenvalue weighted by molar-refractivity contribution is -0.385. The van der Waals surface area contributed by atoms with Gasteiger partial charge in [0.15, 0.2) is 0 Å². The third-order valence-electron chi connectivity index (χ3n) is 15.0. The van der Waals surface area contributed by atoms with Crippen molar-refractivity contribution in [3.8, 4) is 61.6 Å². The number of carbonyl (C=O) groups is 1. The molecule has 0 fully saturated rings. The number of nitrogens with zero attached hydrogens (tertiary/aromatic N) is 5. The molecular formula is C78H73BF4N8O13. The Hall–Kier alpha value is -12.9. The molecule has 12 rings (SSSR count). The molecule has 7 N–H and O–H groups in total. The van der Waals surface area contributed by atoms with E-state index in [9.17, 15) is 61.8 Å². The second-order valence-electron chi connectivity index (χ2n) is 22.5. The van der Waals surface area contributed by atoms with Crippen LogP contribution in [-0.4, -0.2) is 70.1 Å². The number of aliphatic hydroxyl groups is 1. The van der Waals surface area contributed by atoms with E-state index in [1.807, 2.05) is 26.8 Å². The summed E-state index contributed by atoms with van der Waals surface area (Å²) in [7, 11) is -1.66. The van der Waals surface area contributed by atoms with Crippen molar-refractivity contribution in [1.29, 1.82) is 0 Å². The van der Waals surface area contributed by atoms with Gasteiger partial charge in [-0.25, -0.2) is 22.4 Å². The number of nitrogens with one attached hydrogen (secondary N) is 2. The van der Waals surface area contributed by atoms with Gasteiger partial charge in [0.2, 0.25) is 5.56 Å². The number of hydrogen-bond acceptors (Lipinski definition) is 14. The second kappa shape index (κ2) is 38.1. The van der Waals surface area contributed by atoms with E-state index in [1.54, 1.807) is 153 Å². The van der Waals surface area contributed by atoms with Crippen molar-refractivity contribution >= 4 is 41.4 Å². The first kappa shape index (κ1) is 80.1. The van der Waals surface area contributed by atoms with Crippen molar-refractivity contribution in [2.24, 2.45) is 0 Å². The first-order chi connectivity index (χ1) is 49.2. The predicted octanol–water partition coefficient (Wildman–Crippen LogP) is 14.3. The summed E-state index contributed by atoms with van der Waals surface area (Å²) in [5.74, 6) is -1.21. The molecule has 0 radical (unpaired) electrons. The first-order valence-electron chi connectivity index (χ1n) is 31.5. The number of anilines is 2. The van der Waals surface area contributed by atoms with Crippen molar-refractivity contribution in [2.45, 2.75) is 49.0 Å².